The van der Waals surface area contributed by atoms with Crippen LogP contribution in [0.2, 0.25) is 0 Å². The van der Waals surface area contributed by atoms with Gasteiger partial charge >= 0.3 is 5.97 Å². The zero-order chi connectivity index (χ0) is 10.3. The van der Waals surface area contributed by atoms with Gasteiger partial charge in [0.15, 0.2) is 11.6 Å². The molecule has 0 aliphatic carbocycles. The second kappa shape index (κ2) is 3.24. The van der Waals surface area contributed by atoms with Crippen molar-refractivity contribution in [3.05, 3.63) is 27.5 Å². The number of hydrogen-bond donors (Lipinski definition) is 0. The molecule has 0 amide bonds. The van der Waals surface area contributed by atoms with E-state index in [1.165, 1.54) is 7.11 Å². The molecule has 1 aliphatic heterocycles. The molecule has 0 unspecified atom stereocenters. The number of benzene rings is 1. The summed E-state index contributed by atoms with van der Waals surface area (Å²) in [6, 6.07) is 1.63. The largest absolute Gasteiger partial charge is 0.492 e. The predicted octanol–water partition coefficient (Wildman–Crippen LogP) is 2.27. The Hall–Kier alpha value is -1.10. The van der Waals surface area contributed by atoms with Gasteiger partial charge in [-0.2, -0.15) is 0 Å². The van der Waals surface area contributed by atoms with Gasteiger partial charge in [0.25, 0.3) is 0 Å². The van der Waals surface area contributed by atoms with Crippen molar-refractivity contribution in [2.45, 2.75) is 6.61 Å². The van der Waals surface area contributed by atoms with Crippen molar-refractivity contribution < 1.29 is 18.7 Å². The number of carbonyl (C=O) groups is 1. The van der Waals surface area contributed by atoms with Gasteiger partial charge in [0.2, 0.25) is 0 Å². The Labute approximate surface area is 87.9 Å². The zero-order valence-corrected chi connectivity index (χ0v) is 8.85. The summed E-state index contributed by atoms with van der Waals surface area (Å²) >= 11 is 3.15. The first-order valence-corrected chi connectivity index (χ1v) is 4.66. The molecule has 1 aromatic carbocycles. The molecular formula is C9H6BrFO3. The molecule has 0 saturated carbocycles. The molecule has 3 nitrogen and oxygen atoms in total. The van der Waals surface area contributed by atoms with Crippen LogP contribution in [0.4, 0.5) is 4.39 Å². The molecule has 5 heteroatoms. The average molecular weight is 261 g/mol. The van der Waals surface area contributed by atoms with Gasteiger partial charge in [-0.25, -0.2) is 9.18 Å². The molecule has 0 spiro atoms. The summed E-state index contributed by atoms with van der Waals surface area (Å²) in [5.74, 6) is -1.27. The maximum atomic E-state index is 13.6. The topological polar surface area (TPSA) is 35.5 Å². The van der Waals surface area contributed by atoms with E-state index in [2.05, 4.69) is 15.9 Å². The Kier molecular flexibility index (Phi) is 2.19. The van der Waals surface area contributed by atoms with Crippen LogP contribution in [0.3, 0.4) is 0 Å². The number of fused-ring (bicyclic) bond motifs is 1. The Morgan fingerprint density at radius 2 is 2.36 bits per heavy atom. The third kappa shape index (κ3) is 1.19. The highest BCUT2D eigenvalue weighted by Gasteiger charge is 2.29. The van der Waals surface area contributed by atoms with E-state index in [0.29, 0.717) is 10.0 Å². The van der Waals surface area contributed by atoms with Crippen molar-refractivity contribution in [2.24, 2.45) is 0 Å². The van der Waals surface area contributed by atoms with E-state index < -0.39 is 11.8 Å². The lowest BCUT2D eigenvalue weighted by atomic mass is 10.1. The first-order valence-electron chi connectivity index (χ1n) is 3.87. The lowest BCUT2D eigenvalue weighted by Crippen LogP contribution is -2.01. The van der Waals surface area contributed by atoms with Crippen LogP contribution in [-0.4, -0.2) is 13.1 Å². The van der Waals surface area contributed by atoms with Gasteiger partial charge in [-0.1, -0.05) is 0 Å². The number of hydrogen-bond acceptors (Lipinski definition) is 3. The van der Waals surface area contributed by atoms with E-state index in [4.69, 9.17) is 9.47 Å². The molecule has 1 heterocycles. The van der Waals surface area contributed by atoms with Crippen LogP contribution in [0.15, 0.2) is 10.5 Å². The van der Waals surface area contributed by atoms with Gasteiger partial charge in [0, 0.05) is 5.56 Å². The Morgan fingerprint density at radius 1 is 1.64 bits per heavy atom. The lowest BCUT2D eigenvalue weighted by Gasteiger charge is -2.06. The maximum Gasteiger partial charge on any atom is 0.342 e. The smallest absolute Gasteiger partial charge is 0.342 e. The molecule has 74 valence electrons. The monoisotopic (exact) mass is 260 g/mol. The lowest BCUT2D eigenvalue weighted by molar-refractivity contribution is 0.0531. The zero-order valence-electron chi connectivity index (χ0n) is 7.27. The molecule has 0 aromatic heterocycles. The van der Waals surface area contributed by atoms with Crippen LogP contribution in [-0.2, 0) is 11.3 Å². The van der Waals surface area contributed by atoms with E-state index >= 15 is 0 Å². The summed E-state index contributed by atoms with van der Waals surface area (Å²) in [7, 11) is 1.34. The van der Waals surface area contributed by atoms with E-state index in [9.17, 15) is 9.18 Å². The predicted molar refractivity (Wildman–Crippen MR) is 49.8 cm³/mol. The fourth-order valence-electron chi connectivity index (χ4n) is 1.39. The van der Waals surface area contributed by atoms with Gasteiger partial charge in [0.05, 0.1) is 11.6 Å². The first-order chi connectivity index (χ1) is 6.65. The molecule has 0 radical (unpaired) electrons. The van der Waals surface area contributed by atoms with Gasteiger partial charge in [0.1, 0.15) is 12.2 Å². The van der Waals surface area contributed by atoms with Crippen molar-refractivity contribution in [3.8, 4) is 5.75 Å². The van der Waals surface area contributed by atoms with E-state index in [1.54, 1.807) is 6.07 Å². The minimum atomic E-state index is -0.667. The van der Waals surface area contributed by atoms with Crippen LogP contribution in [0.1, 0.15) is 15.9 Å². The summed E-state index contributed by atoms with van der Waals surface area (Å²) in [6.07, 6.45) is 0. The number of cyclic esters (lactones) is 1. The number of ether oxygens (including phenoxy) is 2. The van der Waals surface area contributed by atoms with E-state index in [1.807, 2.05) is 0 Å². The highest BCUT2D eigenvalue weighted by atomic mass is 79.9. The Morgan fingerprint density at radius 3 is 3.00 bits per heavy atom. The van der Waals surface area contributed by atoms with E-state index in [0.717, 1.165) is 0 Å². The fraction of sp³-hybridized carbons (Fsp3) is 0.222. The number of carbonyl (C=O) groups excluding carboxylic acids is 1. The third-order valence-electron chi connectivity index (χ3n) is 2.02. The van der Waals surface area contributed by atoms with Crippen molar-refractivity contribution in [2.75, 3.05) is 7.11 Å². The number of esters is 1. The quantitative estimate of drug-likeness (QED) is 0.727. The fourth-order valence-corrected chi connectivity index (χ4v) is 2.00. The van der Waals surface area contributed by atoms with Crippen molar-refractivity contribution in [1.29, 1.82) is 0 Å². The molecule has 0 atom stereocenters. The van der Waals surface area contributed by atoms with Crippen LogP contribution >= 0.6 is 15.9 Å². The van der Waals surface area contributed by atoms with E-state index in [-0.39, 0.29) is 17.9 Å². The summed E-state index contributed by atoms with van der Waals surface area (Å²) in [4.78, 5) is 11.1. The van der Waals surface area contributed by atoms with Gasteiger partial charge < -0.3 is 9.47 Å². The number of halogens is 2. The number of rotatable bonds is 1. The summed E-state index contributed by atoms with van der Waals surface area (Å²) < 4.78 is 23.6. The summed E-state index contributed by atoms with van der Waals surface area (Å²) in [6.45, 7) is 0.119. The second-order valence-electron chi connectivity index (χ2n) is 2.82. The van der Waals surface area contributed by atoms with Crippen molar-refractivity contribution in [3.63, 3.8) is 0 Å². The second-order valence-corrected chi connectivity index (χ2v) is 3.67. The molecular weight excluding hydrogens is 255 g/mol. The molecule has 2 rings (SSSR count). The Balaban J connectivity index is 2.70. The molecule has 0 bridgehead atoms. The normalized spacial score (nSPS) is 13.8. The van der Waals surface area contributed by atoms with Gasteiger partial charge in [-0.05, 0) is 22.0 Å². The maximum absolute atomic E-state index is 13.6. The highest BCUT2D eigenvalue weighted by molar-refractivity contribution is 9.10. The molecule has 1 aliphatic rings. The molecule has 1 aromatic rings. The Bertz CT molecular complexity index is 417. The summed E-state index contributed by atoms with van der Waals surface area (Å²) in [5, 5.41) is 0. The third-order valence-corrected chi connectivity index (χ3v) is 2.61. The van der Waals surface area contributed by atoms with Crippen LogP contribution in [0.25, 0.3) is 0 Å². The standard InChI is InChI=1S/C9H6BrFO3/c1-13-8-5(10)2-4-3-14-9(12)6(4)7(8)11/h2H,3H2,1H3. The summed E-state index contributed by atoms with van der Waals surface area (Å²) in [5.41, 5.74) is 0.519. The SMILES string of the molecule is COc1c(Br)cc2c(c1F)C(=O)OC2. The number of methoxy groups -OCH3 is 1. The van der Waals surface area contributed by atoms with Crippen molar-refractivity contribution >= 4 is 21.9 Å². The highest BCUT2D eigenvalue weighted by Crippen LogP contribution is 2.35. The van der Waals surface area contributed by atoms with Crippen LogP contribution in [0, 0.1) is 5.82 Å². The first kappa shape index (κ1) is 9.45. The van der Waals surface area contributed by atoms with Crippen LogP contribution < -0.4 is 4.74 Å². The minimum absolute atomic E-state index is 0.0231. The van der Waals surface area contributed by atoms with Crippen LogP contribution in [0.5, 0.6) is 5.75 Å². The molecule has 0 N–H and O–H groups in total. The molecule has 0 saturated heterocycles. The van der Waals surface area contributed by atoms with Gasteiger partial charge in [-0.15, -0.1) is 0 Å². The van der Waals surface area contributed by atoms with Gasteiger partial charge in [-0.3, -0.25) is 0 Å². The average Bonchev–Trinajstić information content (AvgIpc) is 2.48. The molecule has 14 heavy (non-hydrogen) atoms. The van der Waals surface area contributed by atoms with Crippen molar-refractivity contribution in [1.82, 2.24) is 0 Å². The molecule has 0 fully saturated rings. The minimum Gasteiger partial charge on any atom is -0.492 e.